The van der Waals surface area contributed by atoms with Crippen molar-refractivity contribution in [1.29, 1.82) is 0 Å². The average molecular weight is 251 g/mol. The van der Waals surface area contributed by atoms with Gasteiger partial charge in [0.15, 0.2) is 5.13 Å². The van der Waals surface area contributed by atoms with Gasteiger partial charge in [-0.3, -0.25) is 14.2 Å². The Kier molecular flexibility index (Phi) is 2.68. The minimum Gasteiger partial charge on any atom is -0.508 e. The van der Waals surface area contributed by atoms with Crippen molar-refractivity contribution < 1.29 is 9.90 Å². The van der Waals surface area contributed by atoms with Crippen molar-refractivity contribution in [2.45, 2.75) is 6.92 Å². The van der Waals surface area contributed by atoms with Crippen molar-refractivity contribution in [2.24, 2.45) is 5.73 Å². The van der Waals surface area contributed by atoms with Crippen LogP contribution in [0.5, 0.6) is 5.75 Å². The summed E-state index contributed by atoms with van der Waals surface area (Å²) >= 11 is 1.04. The number of primary amides is 1. The minimum absolute atomic E-state index is 0.116. The Bertz CT molecular complexity index is 644. The predicted octanol–water partition coefficient (Wildman–Crippen LogP) is 0.407. The predicted molar refractivity (Wildman–Crippen MR) is 62.6 cm³/mol. The zero-order valence-corrected chi connectivity index (χ0v) is 9.69. The number of amides is 1. The molecule has 0 atom stereocenters. The maximum Gasteiger partial charge on any atom is 0.260 e. The first-order chi connectivity index (χ1) is 7.99. The van der Waals surface area contributed by atoms with Gasteiger partial charge in [0.1, 0.15) is 10.6 Å². The molecule has 0 bridgehead atoms. The molecule has 0 radical (unpaired) electrons. The Morgan fingerprint density at radius 1 is 1.59 bits per heavy atom. The lowest BCUT2D eigenvalue weighted by molar-refractivity contribution is 0.100. The summed E-state index contributed by atoms with van der Waals surface area (Å²) in [5.41, 5.74) is 5.23. The molecule has 17 heavy (non-hydrogen) atoms. The second kappa shape index (κ2) is 4.02. The Balaban J connectivity index is 2.58. The van der Waals surface area contributed by atoms with E-state index in [0.717, 1.165) is 17.4 Å². The molecule has 0 aromatic carbocycles. The molecule has 0 aliphatic carbocycles. The van der Waals surface area contributed by atoms with Crippen molar-refractivity contribution in [2.75, 3.05) is 0 Å². The average Bonchev–Trinajstić information content (AvgIpc) is 2.60. The largest absolute Gasteiger partial charge is 0.508 e. The second-order valence-electron chi connectivity index (χ2n) is 3.37. The summed E-state index contributed by atoms with van der Waals surface area (Å²) in [5.74, 6) is -0.687. The summed E-state index contributed by atoms with van der Waals surface area (Å²) in [6, 6.07) is 2.43. The molecule has 2 rings (SSSR count). The quantitative estimate of drug-likeness (QED) is 0.807. The number of aromatic nitrogens is 2. The topological polar surface area (TPSA) is 98.2 Å². The Labute approximate surface area is 100.0 Å². The van der Waals surface area contributed by atoms with Gasteiger partial charge in [-0.25, -0.2) is 4.98 Å². The molecule has 7 heteroatoms. The number of pyridine rings is 1. The lowest BCUT2D eigenvalue weighted by Gasteiger charge is -1.99. The highest BCUT2D eigenvalue weighted by Gasteiger charge is 2.14. The van der Waals surface area contributed by atoms with Crippen LogP contribution in [0.2, 0.25) is 0 Å². The van der Waals surface area contributed by atoms with Gasteiger partial charge >= 0.3 is 0 Å². The zero-order chi connectivity index (χ0) is 12.6. The van der Waals surface area contributed by atoms with E-state index in [9.17, 15) is 9.59 Å². The van der Waals surface area contributed by atoms with Crippen molar-refractivity contribution in [1.82, 2.24) is 9.55 Å². The highest BCUT2D eigenvalue weighted by Crippen LogP contribution is 2.20. The summed E-state index contributed by atoms with van der Waals surface area (Å²) in [5, 5.41) is 9.48. The molecule has 3 N–H and O–H groups in total. The maximum atomic E-state index is 11.6. The first kappa shape index (κ1) is 11.3. The van der Waals surface area contributed by atoms with E-state index in [2.05, 4.69) is 4.98 Å². The monoisotopic (exact) mass is 251 g/mol. The standard InChI is InChI=1S/C10H9N3O3S/c1-5-8(9(11)16)17-10(12-5)13-3-2-6(14)4-7(13)15/h2-4,14H,1H3,(H2,11,16). The molecule has 0 saturated heterocycles. The lowest BCUT2D eigenvalue weighted by atomic mass is 10.4. The third-order valence-electron chi connectivity index (χ3n) is 2.12. The van der Waals surface area contributed by atoms with Crippen molar-refractivity contribution in [3.8, 4) is 10.9 Å². The van der Waals surface area contributed by atoms with Gasteiger partial charge in [0.05, 0.1) is 5.69 Å². The van der Waals surface area contributed by atoms with Crippen LogP contribution in [0.25, 0.3) is 5.13 Å². The molecule has 0 aliphatic heterocycles. The smallest absolute Gasteiger partial charge is 0.260 e. The number of hydrogen-bond acceptors (Lipinski definition) is 5. The van der Waals surface area contributed by atoms with E-state index in [0.29, 0.717) is 15.7 Å². The Morgan fingerprint density at radius 2 is 2.29 bits per heavy atom. The van der Waals surface area contributed by atoms with E-state index in [1.54, 1.807) is 6.92 Å². The van der Waals surface area contributed by atoms with Crippen LogP contribution < -0.4 is 11.3 Å². The molecular formula is C10H9N3O3S. The normalized spacial score (nSPS) is 10.4. The second-order valence-corrected chi connectivity index (χ2v) is 4.35. The van der Waals surface area contributed by atoms with E-state index in [1.807, 2.05) is 0 Å². The fraction of sp³-hybridized carbons (Fsp3) is 0.100. The third kappa shape index (κ3) is 2.04. The van der Waals surface area contributed by atoms with Gasteiger partial charge in [0.2, 0.25) is 0 Å². The highest BCUT2D eigenvalue weighted by molar-refractivity contribution is 7.16. The van der Waals surface area contributed by atoms with Crippen LogP contribution in [0.15, 0.2) is 23.1 Å². The number of hydrogen-bond donors (Lipinski definition) is 2. The number of nitrogens with two attached hydrogens (primary N) is 1. The fourth-order valence-corrected chi connectivity index (χ4v) is 2.25. The van der Waals surface area contributed by atoms with Crippen molar-refractivity contribution >= 4 is 17.2 Å². The SMILES string of the molecule is Cc1nc(-n2ccc(O)cc2=O)sc1C(N)=O. The molecule has 0 unspecified atom stereocenters. The van der Waals surface area contributed by atoms with E-state index in [4.69, 9.17) is 10.8 Å². The van der Waals surface area contributed by atoms with E-state index >= 15 is 0 Å². The fourth-order valence-electron chi connectivity index (χ4n) is 1.34. The molecule has 6 nitrogen and oxygen atoms in total. The van der Waals surface area contributed by atoms with Crippen LogP contribution in [0.1, 0.15) is 15.4 Å². The van der Waals surface area contributed by atoms with Crippen LogP contribution in [0.4, 0.5) is 0 Å². The van der Waals surface area contributed by atoms with E-state index in [-0.39, 0.29) is 5.75 Å². The molecule has 88 valence electrons. The van der Waals surface area contributed by atoms with Crippen molar-refractivity contribution in [3.05, 3.63) is 39.3 Å². The summed E-state index contributed by atoms with van der Waals surface area (Å²) in [6.07, 6.45) is 1.39. The zero-order valence-electron chi connectivity index (χ0n) is 8.88. The van der Waals surface area contributed by atoms with Gasteiger partial charge in [-0.2, -0.15) is 0 Å². The van der Waals surface area contributed by atoms with Crippen molar-refractivity contribution in [3.63, 3.8) is 0 Å². The Morgan fingerprint density at radius 3 is 2.82 bits per heavy atom. The van der Waals surface area contributed by atoms with Gasteiger partial charge in [0, 0.05) is 12.3 Å². The molecule has 0 aliphatic rings. The minimum atomic E-state index is -0.571. The highest BCUT2D eigenvalue weighted by atomic mass is 32.1. The first-order valence-corrected chi connectivity index (χ1v) is 5.50. The first-order valence-electron chi connectivity index (χ1n) is 4.68. The number of carbonyl (C=O) groups excluding carboxylic acids is 1. The van der Waals surface area contributed by atoms with E-state index in [1.165, 1.54) is 16.8 Å². The van der Waals surface area contributed by atoms with Crippen LogP contribution >= 0.6 is 11.3 Å². The van der Waals surface area contributed by atoms with Gasteiger partial charge in [0.25, 0.3) is 11.5 Å². The van der Waals surface area contributed by atoms with Gasteiger partial charge in [-0.15, -0.1) is 0 Å². The number of thiazole rings is 1. The molecule has 1 amide bonds. The number of nitrogens with zero attached hydrogens (tertiary/aromatic N) is 2. The summed E-state index contributed by atoms with van der Waals surface area (Å²) in [4.78, 5) is 27.1. The maximum absolute atomic E-state index is 11.6. The summed E-state index contributed by atoms with van der Waals surface area (Å²) in [6.45, 7) is 1.64. The van der Waals surface area contributed by atoms with Crippen LogP contribution in [-0.2, 0) is 0 Å². The molecular weight excluding hydrogens is 242 g/mol. The van der Waals surface area contributed by atoms with Gasteiger partial charge < -0.3 is 10.8 Å². The van der Waals surface area contributed by atoms with Gasteiger partial charge in [-0.1, -0.05) is 11.3 Å². The lowest BCUT2D eigenvalue weighted by Crippen LogP contribution is -2.15. The molecule has 2 heterocycles. The summed E-state index contributed by atoms with van der Waals surface area (Å²) in [7, 11) is 0. The van der Waals surface area contributed by atoms with E-state index < -0.39 is 11.5 Å². The summed E-state index contributed by atoms with van der Waals surface area (Å²) < 4.78 is 1.24. The number of aryl methyl sites for hydroxylation is 1. The third-order valence-corrected chi connectivity index (χ3v) is 3.29. The molecule has 0 saturated carbocycles. The molecule has 0 spiro atoms. The Hall–Kier alpha value is -2.15. The number of rotatable bonds is 2. The molecule has 2 aromatic rings. The number of aromatic hydroxyl groups is 1. The number of carbonyl (C=O) groups is 1. The van der Waals surface area contributed by atoms with Gasteiger partial charge in [-0.05, 0) is 13.0 Å². The molecule has 2 aromatic heterocycles. The van der Waals surface area contributed by atoms with Crippen LogP contribution in [-0.4, -0.2) is 20.6 Å². The van der Waals surface area contributed by atoms with Crippen LogP contribution in [0.3, 0.4) is 0 Å². The van der Waals surface area contributed by atoms with Crippen LogP contribution in [0, 0.1) is 6.92 Å². The molecule has 0 fully saturated rings.